The van der Waals surface area contributed by atoms with Crippen LogP contribution in [0, 0.1) is 0 Å². The van der Waals surface area contributed by atoms with Gasteiger partial charge in [0.05, 0.1) is 17.9 Å². The second-order valence-corrected chi connectivity index (χ2v) is 8.06. The fourth-order valence-corrected chi connectivity index (χ4v) is 3.30. The van der Waals surface area contributed by atoms with Crippen LogP contribution in [0.25, 0.3) is 11.5 Å². The van der Waals surface area contributed by atoms with Gasteiger partial charge in [-0.15, -0.1) is 10.2 Å². The summed E-state index contributed by atoms with van der Waals surface area (Å²) in [6, 6.07) is 14.7. The number of carbonyl (C=O) groups is 1. The molecule has 0 bridgehead atoms. The minimum absolute atomic E-state index is 0.0960. The van der Waals surface area contributed by atoms with Crippen LogP contribution in [0.4, 0.5) is 0 Å². The molecule has 1 unspecified atom stereocenters. The van der Waals surface area contributed by atoms with Crippen LogP contribution in [0.2, 0.25) is 5.02 Å². The summed E-state index contributed by atoms with van der Waals surface area (Å²) in [6.45, 7) is 5.89. The Hall–Kier alpha value is -2.51. The van der Waals surface area contributed by atoms with Crippen molar-refractivity contribution in [2.75, 3.05) is 5.75 Å². The maximum atomic E-state index is 12.3. The first-order valence-corrected chi connectivity index (χ1v) is 10.6. The smallest absolute Gasteiger partial charge is 0.277 e. The highest BCUT2D eigenvalue weighted by Gasteiger charge is 2.14. The predicted octanol–water partition coefficient (Wildman–Crippen LogP) is 5.15. The molecule has 3 aromatic rings. The Balaban J connectivity index is 1.53. The van der Waals surface area contributed by atoms with Gasteiger partial charge >= 0.3 is 0 Å². The van der Waals surface area contributed by atoms with Crippen molar-refractivity contribution in [3.05, 3.63) is 59.1 Å². The molecule has 0 saturated heterocycles. The van der Waals surface area contributed by atoms with Crippen molar-refractivity contribution in [1.82, 2.24) is 15.5 Å². The van der Waals surface area contributed by atoms with Crippen LogP contribution in [0.15, 0.2) is 58.2 Å². The topological polar surface area (TPSA) is 77.2 Å². The van der Waals surface area contributed by atoms with E-state index in [-0.39, 0.29) is 23.8 Å². The minimum Gasteiger partial charge on any atom is -0.491 e. The summed E-state index contributed by atoms with van der Waals surface area (Å²) >= 11 is 7.08. The van der Waals surface area contributed by atoms with Crippen LogP contribution in [-0.4, -0.2) is 28.0 Å². The fourth-order valence-electron chi connectivity index (χ4n) is 2.60. The third kappa shape index (κ3) is 6.24. The molecule has 1 atom stereocenters. The summed E-state index contributed by atoms with van der Waals surface area (Å²) in [5.74, 6) is 1.23. The highest BCUT2D eigenvalue weighted by molar-refractivity contribution is 7.99. The lowest BCUT2D eigenvalue weighted by atomic mass is 10.1. The number of hydrogen-bond donors (Lipinski definition) is 1. The van der Waals surface area contributed by atoms with Gasteiger partial charge in [-0.2, -0.15) is 0 Å². The van der Waals surface area contributed by atoms with Crippen molar-refractivity contribution in [1.29, 1.82) is 0 Å². The van der Waals surface area contributed by atoms with E-state index < -0.39 is 0 Å². The lowest BCUT2D eigenvalue weighted by Crippen LogP contribution is -2.28. The molecule has 8 heteroatoms. The molecule has 2 aromatic carbocycles. The molecule has 0 aliphatic heterocycles. The highest BCUT2D eigenvalue weighted by atomic mass is 35.5. The molecule has 6 nitrogen and oxygen atoms in total. The van der Waals surface area contributed by atoms with Crippen molar-refractivity contribution < 1.29 is 13.9 Å². The maximum absolute atomic E-state index is 12.3. The molecule has 1 amide bonds. The van der Waals surface area contributed by atoms with Crippen LogP contribution >= 0.6 is 23.4 Å². The van der Waals surface area contributed by atoms with E-state index in [0.717, 1.165) is 16.9 Å². The summed E-state index contributed by atoms with van der Waals surface area (Å²) in [6.07, 6.45) is 0.0960. The normalized spacial score (nSPS) is 12.0. The molecule has 1 aromatic heterocycles. The van der Waals surface area contributed by atoms with Crippen LogP contribution in [0.5, 0.6) is 5.75 Å². The molecule has 3 rings (SSSR count). The van der Waals surface area contributed by atoms with Crippen molar-refractivity contribution in [2.24, 2.45) is 0 Å². The summed E-state index contributed by atoms with van der Waals surface area (Å²) in [4.78, 5) is 12.3. The Morgan fingerprint density at radius 3 is 2.66 bits per heavy atom. The lowest BCUT2D eigenvalue weighted by molar-refractivity contribution is -0.119. The number of halogens is 1. The van der Waals surface area contributed by atoms with Gasteiger partial charge in [-0.3, -0.25) is 4.79 Å². The van der Waals surface area contributed by atoms with Crippen LogP contribution in [-0.2, 0) is 4.79 Å². The molecule has 29 heavy (non-hydrogen) atoms. The Labute approximate surface area is 179 Å². The van der Waals surface area contributed by atoms with Crippen molar-refractivity contribution in [3.8, 4) is 17.2 Å². The number of aromatic nitrogens is 2. The third-order valence-corrected chi connectivity index (χ3v) is 5.00. The number of rotatable bonds is 8. The number of thioether (sulfide) groups is 1. The Bertz CT molecular complexity index is 960. The molecule has 152 valence electrons. The Morgan fingerprint density at radius 1 is 1.17 bits per heavy atom. The summed E-state index contributed by atoms with van der Waals surface area (Å²) in [7, 11) is 0. The lowest BCUT2D eigenvalue weighted by Gasteiger charge is -2.16. The molecule has 1 heterocycles. The van der Waals surface area contributed by atoms with Gasteiger partial charge in [-0.05, 0) is 62.7 Å². The first-order chi connectivity index (χ1) is 13.9. The second-order valence-electron chi connectivity index (χ2n) is 6.70. The van der Waals surface area contributed by atoms with Gasteiger partial charge in [0.25, 0.3) is 5.22 Å². The Morgan fingerprint density at radius 2 is 1.93 bits per heavy atom. The molecular formula is C21H22ClN3O3S. The highest BCUT2D eigenvalue weighted by Crippen LogP contribution is 2.25. The predicted molar refractivity (Wildman–Crippen MR) is 114 cm³/mol. The third-order valence-electron chi connectivity index (χ3n) is 3.93. The van der Waals surface area contributed by atoms with E-state index in [9.17, 15) is 4.79 Å². The van der Waals surface area contributed by atoms with Crippen LogP contribution in [0.1, 0.15) is 32.4 Å². The van der Waals surface area contributed by atoms with E-state index in [1.807, 2.05) is 45.0 Å². The zero-order chi connectivity index (χ0) is 20.8. The van der Waals surface area contributed by atoms with E-state index in [1.165, 1.54) is 11.8 Å². The quantitative estimate of drug-likeness (QED) is 0.497. The molecule has 0 aliphatic rings. The van der Waals surface area contributed by atoms with E-state index in [0.29, 0.717) is 16.1 Å². The summed E-state index contributed by atoms with van der Waals surface area (Å²) < 4.78 is 11.3. The van der Waals surface area contributed by atoms with Crippen molar-refractivity contribution in [2.45, 2.75) is 38.1 Å². The average Bonchev–Trinajstić information content (AvgIpc) is 3.15. The fraction of sp³-hybridized carbons (Fsp3) is 0.286. The SMILES string of the molecule is CC(C)Oc1cccc(C(C)NC(=O)CSc2nnc(-c3ccc(Cl)cc3)o2)c1. The van der Waals surface area contributed by atoms with Crippen molar-refractivity contribution >= 4 is 29.3 Å². The summed E-state index contributed by atoms with van der Waals surface area (Å²) in [5.41, 5.74) is 1.75. The van der Waals surface area contributed by atoms with Gasteiger partial charge in [0, 0.05) is 10.6 Å². The molecule has 0 saturated carbocycles. The molecular weight excluding hydrogens is 410 g/mol. The summed E-state index contributed by atoms with van der Waals surface area (Å²) in [5, 5.41) is 11.9. The largest absolute Gasteiger partial charge is 0.491 e. The average molecular weight is 432 g/mol. The first-order valence-electron chi connectivity index (χ1n) is 9.19. The van der Waals surface area contributed by atoms with Gasteiger partial charge in [0.1, 0.15) is 5.75 Å². The van der Waals surface area contributed by atoms with Gasteiger partial charge < -0.3 is 14.5 Å². The standard InChI is InChI=1S/C21H22ClN3O3S/c1-13(2)27-18-6-4-5-16(11-18)14(3)23-19(26)12-29-21-25-24-20(28-21)15-7-9-17(22)10-8-15/h4-11,13-14H,12H2,1-3H3,(H,23,26). The number of nitrogens with one attached hydrogen (secondary N) is 1. The minimum atomic E-state index is -0.147. The van der Waals surface area contributed by atoms with E-state index >= 15 is 0 Å². The molecule has 0 fully saturated rings. The molecule has 0 aliphatic carbocycles. The Kier molecular flexibility index (Phi) is 7.17. The monoisotopic (exact) mass is 431 g/mol. The molecule has 1 N–H and O–H groups in total. The zero-order valence-electron chi connectivity index (χ0n) is 16.4. The molecule has 0 radical (unpaired) electrons. The number of benzene rings is 2. The number of hydrogen-bond acceptors (Lipinski definition) is 6. The second kappa shape index (κ2) is 9.80. The van der Waals surface area contributed by atoms with E-state index in [1.54, 1.807) is 24.3 Å². The van der Waals surface area contributed by atoms with Crippen LogP contribution in [0.3, 0.4) is 0 Å². The van der Waals surface area contributed by atoms with E-state index in [2.05, 4.69) is 15.5 Å². The molecule has 0 spiro atoms. The number of nitrogens with zero attached hydrogens (tertiary/aromatic N) is 2. The van der Waals surface area contributed by atoms with Crippen LogP contribution < -0.4 is 10.1 Å². The van der Waals surface area contributed by atoms with Gasteiger partial charge in [-0.25, -0.2) is 0 Å². The van der Waals surface area contributed by atoms with Crippen molar-refractivity contribution in [3.63, 3.8) is 0 Å². The van der Waals surface area contributed by atoms with Gasteiger partial charge in [0.15, 0.2) is 0 Å². The van der Waals surface area contributed by atoms with Gasteiger partial charge in [0.2, 0.25) is 11.8 Å². The first kappa shape index (κ1) is 21.2. The van der Waals surface area contributed by atoms with Gasteiger partial charge in [-0.1, -0.05) is 35.5 Å². The zero-order valence-corrected chi connectivity index (χ0v) is 18.0. The number of carbonyl (C=O) groups excluding carboxylic acids is 1. The van der Waals surface area contributed by atoms with E-state index in [4.69, 9.17) is 20.8 Å². The number of amides is 1. The number of ether oxygens (including phenoxy) is 1. The maximum Gasteiger partial charge on any atom is 0.277 e.